The van der Waals surface area contributed by atoms with Crippen LogP contribution in [0.2, 0.25) is 0 Å². The van der Waals surface area contributed by atoms with Crippen LogP contribution in [0.25, 0.3) is 0 Å². The molecule has 188 valence electrons. The van der Waals surface area contributed by atoms with Crippen LogP contribution in [0, 0.1) is 0 Å². The number of esters is 1. The second kappa shape index (κ2) is 11.1. The van der Waals surface area contributed by atoms with E-state index in [1.165, 1.54) is 18.2 Å². The second-order valence-corrected chi connectivity index (χ2v) is 8.45. The molecule has 9 heteroatoms. The summed E-state index contributed by atoms with van der Waals surface area (Å²) in [5, 5.41) is 5.47. The van der Waals surface area contributed by atoms with Gasteiger partial charge in [-0.25, -0.2) is 9.69 Å². The van der Waals surface area contributed by atoms with Gasteiger partial charge in [0.25, 0.3) is 17.7 Å². The number of nitrogens with zero attached hydrogens (tertiary/aromatic N) is 1. The molecule has 1 aliphatic rings. The van der Waals surface area contributed by atoms with Gasteiger partial charge in [0.2, 0.25) is 0 Å². The Morgan fingerprint density at radius 2 is 1.62 bits per heavy atom. The van der Waals surface area contributed by atoms with E-state index in [-0.39, 0.29) is 34.5 Å². The van der Waals surface area contributed by atoms with Gasteiger partial charge in [-0.05, 0) is 61.4 Å². The molecule has 0 saturated heterocycles. The summed E-state index contributed by atoms with van der Waals surface area (Å²) >= 11 is 6.25. The molecule has 1 heterocycles. The van der Waals surface area contributed by atoms with Gasteiger partial charge in [-0.3, -0.25) is 14.4 Å². The molecule has 0 saturated carbocycles. The molecular formula is C28H24ClN3O5. The molecule has 8 nitrogen and oxygen atoms in total. The lowest BCUT2D eigenvalue weighted by atomic mass is 10.1. The van der Waals surface area contributed by atoms with Crippen molar-refractivity contribution in [2.75, 3.05) is 22.1 Å². The fourth-order valence-corrected chi connectivity index (χ4v) is 4.07. The first-order chi connectivity index (χ1) is 17.8. The molecule has 0 atom stereocenters. The van der Waals surface area contributed by atoms with E-state index in [0.29, 0.717) is 11.3 Å². The number of hydrogen-bond donors (Lipinski definition) is 2. The standard InChI is InChI=1S/C28H24ClN3O5/c1-3-17-9-5-6-14-22(17)31-25(33)18-10-7-12-20(15-18)30-24-23(29)26(34)32(27(24)35)21-13-8-11-19(16-21)28(36)37-4-2/h5-16,30H,3-4H2,1-2H3,(H,31,33). The minimum absolute atomic E-state index is 0.137. The number of hydrogen-bond acceptors (Lipinski definition) is 6. The van der Waals surface area contributed by atoms with Crippen molar-refractivity contribution >= 4 is 52.4 Å². The maximum atomic E-state index is 13.2. The van der Waals surface area contributed by atoms with Crippen LogP contribution < -0.4 is 15.5 Å². The Hall–Kier alpha value is -4.43. The molecule has 2 N–H and O–H groups in total. The molecular weight excluding hydrogens is 494 g/mol. The Balaban J connectivity index is 1.54. The van der Waals surface area contributed by atoms with Gasteiger partial charge in [0, 0.05) is 16.9 Å². The fourth-order valence-electron chi connectivity index (χ4n) is 3.86. The Morgan fingerprint density at radius 3 is 2.38 bits per heavy atom. The van der Waals surface area contributed by atoms with Crippen LogP contribution in [0.5, 0.6) is 0 Å². The SMILES string of the molecule is CCOC(=O)c1cccc(N2C(=O)C(Cl)=C(Nc3cccc(C(=O)Nc4ccccc4CC)c3)C2=O)c1. The molecule has 3 aromatic carbocycles. The Kier molecular flexibility index (Phi) is 7.69. The van der Waals surface area contributed by atoms with Gasteiger partial charge in [0.1, 0.15) is 10.7 Å². The lowest BCUT2D eigenvalue weighted by molar-refractivity contribution is -0.120. The second-order valence-electron chi connectivity index (χ2n) is 8.08. The van der Waals surface area contributed by atoms with Crippen molar-refractivity contribution in [2.45, 2.75) is 20.3 Å². The van der Waals surface area contributed by atoms with E-state index in [1.54, 1.807) is 37.3 Å². The fraction of sp³-hybridized carbons (Fsp3) is 0.143. The summed E-state index contributed by atoms with van der Waals surface area (Å²) in [6, 6.07) is 20.0. The number of rotatable bonds is 8. The number of aryl methyl sites for hydroxylation is 1. The number of carbonyl (C=O) groups is 4. The van der Waals surface area contributed by atoms with Crippen molar-refractivity contribution < 1.29 is 23.9 Å². The predicted octanol–water partition coefficient (Wildman–Crippen LogP) is 5.11. The van der Waals surface area contributed by atoms with Crippen LogP contribution in [0.3, 0.4) is 0 Å². The van der Waals surface area contributed by atoms with Crippen LogP contribution >= 0.6 is 11.6 Å². The van der Waals surface area contributed by atoms with Crippen molar-refractivity contribution in [3.63, 3.8) is 0 Å². The van der Waals surface area contributed by atoms with Crippen molar-refractivity contribution in [3.8, 4) is 0 Å². The van der Waals surface area contributed by atoms with E-state index >= 15 is 0 Å². The van der Waals surface area contributed by atoms with E-state index in [2.05, 4.69) is 10.6 Å². The number of ether oxygens (including phenoxy) is 1. The van der Waals surface area contributed by atoms with Crippen LogP contribution in [0.4, 0.5) is 17.1 Å². The highest BCUT2D eigenvalue weighted by atomic mass is 35.5. The molecule has 3 amide bonds. The van der Waals surface area contributed by atoms with E-state index in [9.17, 15) is 19.2 Å². The summed E-state index contributed by atoms with van der Waals surface area (Å²) in [5.74, 6) is -2.32. The van der Waals surface area contributed by atoms with Gasteiger partial charge in [0.15, 0.2) is 0 Å². The number of halogens is 1. The van der Waals surface area contributed by atoms with Crippen LogP contribution in [-0.2, 0) is 20.7 Å². The molecule has 0 fully saturated rings. The third-order valence-corrected chi connectivity index (χ3v) is 6.03. The minimum Gasteiger partial charge on any atom is -0.462 e. The maximum absolute atomic E-state index is 13.2. The third-order valence-electron chi connectivity index (χ3n) is 5.68. The summed E-state index contributed by atoms with van der Waals surface area (Å²) in [6.07, 6.45) is 0.764. The molecule has 0 aliphatic carbocycles. The normalized spacial score (nSPS) is 13.1. The first-order valence-electron chi connectivity index (χ1n) is 11.7. The monoisotopic (exact) mass is 517 g/mol. The van der Waals surface area contributed by atoms with Gasteiger partial charge >= 0.3 is 5.97 Å². The van der Waals surface area contributed by atoms with Gasteiger partial charge in [0.05, 0.1) is 17.9 Å². The lowest BCUT2D eigenvalue weighted by Crippen LogP contribution is -2.32. The maximum Gasteiger partial charge on any atom is 0.338 e. The molecule has 37 heavy (non-hydrogen) atoms. The smallest absolute Gasteiger partial charge is 0.338 e. The lowest BCUT2D eigenvalue weighted by Gasteiger charge is -2.16. The van der Waals surface area contributed by atoms with Crippen LogP contribution in [0.15, 0.2) is 83.5 Å². The highest BCUT2D eigenvalue weighted by molar-refractivity contribution is 6.53. The third kappa shape index (κ3) is 5.39. The Labute approximate surface area is 218 Å². The van der Waals surface area contributed by atoms with Crippen LogP contribution in [0.1, 0.15) is 40.1 Å². The summed E-state index contributed by atoms with van der Waals surface area (Å²) in [4.78, 5) is 51.9. The Morgan fingerprint density at radius 1 is 0.892 bits per heavy atom. The zero-order valence-corrected chi connectivity index (χ0v) is 21.0. The molecule has 0 bridgehead atoms. The number of amides is 3. The highest BCUT2D eigenvalue weighted by Gasteiger charge is 2.39. The number of carbonyl (C=O) groups excluding carboxylic acids is 4. The number of nitrogens with one attached hydrogen (secondary N) is 2. The van der Waals surface area contributed by atoms with Crippen molar-refractivity contribution in [1.29, 1.82) is 0 Å². The first kappa shape index (κ1) is 25.7. The van der Waals surface area contributed by atoms with Gasteiger partial charge in [-0.15, -0.1) is 0 Å². The molecule has 3 aromatic rings. The zero-order chi connectivity index (χ0) is 26.5. The summed E-state index contributed by atoms with van der Waals surface area (Å²) in [7, 11) is 0. The minimum atomic E-state index is -0.736. The zero-order valence-electron chi connectivity index (χ0n) is 20.2. The van der Waals surface area contributed by atoms with Crippen LogP contribution in [-0.4, -0.2) is 30.3 Å². The van der Waals surface area contributed by atoms with E-state index in [4.69, 9.17) is 16.3 Å². The summed E-state index contributed by atoms with van der Waals surface area (Å²) < 4.78 is 4.99. The summed E-state index contributed by atoms with van der Waals surface area (Å²) in [6.45, 7) is 3.87. The number of imide groups is 1. The van der Waals surface area contributed by atoms with Crippen molar-refractivity contribution in [3.05, 3.63) is 100 Å². The van der Waals surface area contributed by atoms with Gasteiger partial charge in [-0.1, -0.05) is 48.9 Å². The molecule has 4 rings (SSSR count). The Bertz CT molecular complexity index is 1430. The predicted molar refractivity (Wildman–Crippen MR) is 142 cm³/mol. The van der Waals surface area contributed by atoms with E-state index < -0.39 is 17.8 Å². The molecule has 0 aromatic heterocycles. The molecule has 0 radical (unpaired) electrons. The largest absolute Gasteiger partial charge is 0.462 e. The first-order valence-corrected chi connectivity index (χ1v) is 12.0. The van der Waals surface area contributed by atoms with E-state index in [1.807, 2.05) is 31.2 Å². The average molecular weight is 518 g/mol. The van der Waals surface area contributed by atoms with Gasteiger partial charge < -0.3 is 15.4 Å². The topological polar surface area (TPSA) is 105 Å². The summed E-state index contributed by atoms with van der Waals surface area (Å²) in [5.41, 5.74) is 2.71. The molecule has 0 spiro atoms. The van der Waals surface area contributed by atoms with E-state index in [0.717, 1.165) is 22.6 Å². The average Bonchev–Trinajstić information content (AvgIpc) is 3.12. The number of para-hydroxylation sites is 1. The van der Waals surface area contributed by atoms with Crippen molar-refractivity contribution in [2.24, 2.45) is 0 Å². The highest BCUT2D eigenvalue weighted by Crippen LogP contribution is 2.31. The molecule has 1 aliphatic heterocycles. The molecule has 0 unspecified atom stereocenters. The number of benzene rings is 3. The van der Waals surface area contributed by atoms with Crippen molar-refractivity contribution in [1.82, 2.24) is 0 Å². The quantitative estimate of drug-likeness (QED) is 0.317. The number of anilines is 3. The van der Waals surface area contributed by atoms with Gasteiger partial charge in [-0.2, -0.15) is 0 Å².